The molecule has 1 aliphatic rings. The fraction of sp³-hybridized carbons (Fsp3) is 0.0769. The highest BCUT2D eigenvalue weighted by atomic mass is 16.5. The van der Waals surface area contributed by atoms with Gasteiger partial charge in [-0.3, -0.25) is 0 Å². The molecular weight excluding hydrogens is 188 g/mol. The summed E-state index contributed by atoms with van der Waals surface area (Å²) in [6, 6.07) is 7.94. The van der Waals surface area contributed by atoms with E-state index in [-0.39, 0.29) is 6.10 Å². The standard InChI is InChI=1S/C13H9O2/c1-2-6-11-10(5-1)9-15-13(11)12-7-3-4-8-14-12/h1-8,12H. The van der Waals surface area contributed by atoms with Gasteiger partial charge in [0.05, 0.1) is 6.26 Å². The Labute approximate surface area is 87.5 Å². The average molecular weight is 197 g/mol. The zero-order valence-corrected chi connectivity index (χ0v) is 8.01. The third kappa shape index (κ3) is 1.34. The molecule has 2 heterocycles. The fourth-order valence-electron chi connectivity index (χ4n) is 1.70. The van der Waals surface area contributed by atoms with E-state index in [9.17, 15) is 0 Å². The molecule has 1 aliphatic heterocycles. The average Bonchev–Trinajstić information content (AvgIpc) is 2.74. The van der Waals surface area contributed by atoms with Crippen molar-refractivity contribution >= 4 is 10.8 Å². The maximum absolute atomic E-state index is 5.45. The number of fused-ring (bicyclic) bond motifs is 1. The van der Waals surface area contributed by atoms with Gasteiger partial charge in [0.2, 0.25) is 0 Å². The van der Waals surface area contributed by atoms with Crippen LogP contribution in [0.15, 0.2) is 53.2 Å². The van der Waals surface area contributed by atoms with Crippen molar-refractivity contribution in [1.29, 1.82) is 0 Å². The normalized spacial score (nSPS) is 19.3. The molecule has 1 aromatic carbocycles. The van der Waals surface area contributed by atoms with Crippen LogP contribution in [0.4, 0.5) is 0 Å². The summed E-state index contributed by atoms with van der Waals surface area (Å²) in [6.07, 6.45) is 10.2. The van der Waals surface area contributed by atoms with E-state index in [4.69, 9.17) is 9.15 Å². The number of hydrogen-bond donors (Lipinski definition) is 0. The summed E-state index contributed by atoms with van der Waals surface area (Å²) in [5, 5.41) is 2.04. The molecule has 2 aromatic rings. The SMILES string of the molecule is [c]1oc(C2C=CC=CO2)c2ccccc12. The van der Waals surface area contributed by atoms with E-state index < -0.39 is 0 Å². The van der Waals surface area contributed by atoms with Crippen molar-refractivity contribution in [3.05, 3.63) is 60.8 Å². The number of hydrogen-bond acceptors (Lipinski definition) is 2. The van der Waals surface area contributed by atoms with E-state index >= 15 is 0 Å². The molecule has 0 saturated heterocycles. The first kappa shape index (κ1) is 8.36. The highest BCUT2D eigenvalue weighted by molar-refractivity contribution is 5.84. The smallest absolute Gasteiger partial charge is 0.178 e. The van der Waals surface area contributed by atoms with E-state index in [2.05, 4.69) is 6.26 Å². The van der Waals surface area contributed by atoms with Gasteiger partial charge in [-0.05, 0) is 12.2 Å². The van der Waals surface area contributed by atoms with Crippen LogP contribution in [-0.2, 0) is 4.74 Å². The number of rotatable bonds is 1. The molecule has 0 bridgehead atoms. The summed E-state index contributed by atoms with van der Waals surface area (Å²) < 4.78 is 10.9. The molecule has 73 valence electrons. The van der Waals surface area contributed by atoms with Crippen LogP contribution in [0.5, 0.6) is 0 Å². The van der Waals surface area contributed by atoms with Crippen molar-refractivity contribution in [1.82, 2.24) is 0 Å². The third-order valence-electron chi connectivity index (χ3n) is 2.42. The van der Waals surface area contributed by atoms with Crippen LogP contribution in [0, 0.1) is 6.26 Å². The second-order valence-corrected chi connectivity index (χ2v) is 3.38. The lowest BCUT2D eigenvalue weighted by molar-refractivity contribution is 0.163. The minimum atomic E-state index is -0.133. The third-order valence-corrected chi connectivity index (χ3v) is 2.42. The molecule has 0 saturated carbocycles. The number of allylic oxidation sites excluding steroid dienone is 2. The van der Waals surface area contributed by atoms with Gasteiger partial charge in [-0.15, -0.1) is 0 Å². The van der Waals surface area contributed by atoms with Crippen LogP contribution in [0.2, 0.25) is 0 Å². The first-order chi connectivity index (χ1) is 7.45. The highest BCUT2D eigenvalue weighted by Crippen LogP contribution is 2.30. The number of ether oxygens (including phenoxy) is 1. The zero-order valence-electron chi connectivity index (χ0n) is 8.01. The fourth-order valence-corrected chi connectivity index (χ4v) is 1.70. The maximum Gasteiger partial charge on any atom is 0.178 e. The van der Waals surface area contributed by atoms with Crippen molar-refractivity contribution in [3.8, 4) is 0 Å². The van der Waals surface area contributed by atoms with Crippen LogP contribution < -0.4 is 0 Å². The van der Waals surface area contributed by atoms with Crippen molar-refractivity contribution in [3.63, 3.8) is 0 Å². The molecule has 1 unspecified atom stereocenters. The topological polar surface area (TPSA) is 22.4 Å². The summed E-state index contributed by atoms with van der Waals surface area (Å²) in [5.41, 5.74) is 0. The number of benzene rings is 1. The summed E-state index contributed by atoms with van der Waals surface area (Å²) in [5.74, 6) is 0.811. The largest absolute Gasteiger partial charge is 0.486 e. The minimum absolute atomic E-state index is 0.133. The van der Waals surface area contributed by atoms with Gasteiger partial charge in [0, 0.05) is 10.8 Å². The second-order valence-electron chi connectivity index (χ2n) is 3.38. The Balaban J connectivity index is 2.11. The lowest BCUT2D eigenvalue weighted by Crippen LogP contribution is -1.97. The summed E-state index contributed by atoms with van der Waals surface area (Å²) in [4.78, 5) is 0. The molecule has 0 N–H and O–H groups in total. The van der Waals surface area contributed by atoms with E-state index in [0.29, 0.717) is 0 Å². The van der Waals surface area contributed by atoms with Gasteiger partial charge in [0.25, 0.3) is 0 Å². The highest BCUT2D eigenvalue weighted by Gasteiger charge is 2.17. The van der Waals surface area contributed by atoms with E-state index in [1.54, 1.807) is 6.26 Å². The molecule has 1 aromatic heterocycles. The summed E-state index contributed by atoms with van der Waals surface area (Å²) in [6.45, 7) is 0. The van der Waals surface area contributed by atoms with Gasteiger partial charge in [-0.1, -0.05) is 30.3 Å². The van der Waals surface area contributed by atoms with Crippen molar-refractivity contribution < 1.29 is 9.15 Å². The molecule has 2 nitrogen and oxygen atoms in total. The monoisotopic (exact) mass is 197 g/mol. The molecule has 0 fully saturated rings. The zero-order chi connectivity index (χ0) is 10.1. The van der Waals surface area contributed by atoms with Crippen LogP contribution in [-0.4, -0.2) is 0 Å². The maximum atomic E-state index is 5.45. The lowest BCUT2D eigenvalue weighted by Gasteiger charge is -2.12. The Morgan fingerprint density at radius 1 is 1.13 bits per heavy atom. The molecule has 2 heteroatoms. The molecular formula is C13H9O2. The molecule has 1 radical (unpaired) electrons. The second kappa shape index (κ2) is 3.31. The van der Waals surface area contributed by atoms with E-state index in [1.807, 2.05) is 42.5 Å². The van der Waals surface area contributed by atoms with Crippen LogP contribution >= 0.6 is 0 Å². The predicted octanol–water partition coefficient (Wildman–Crippen LogP) is 3.37. The van der Waals surface area contributed by atoms with Gasteiger partial charge in [-0.25, -0.2) is 0 Å². The molecule has 0 amide bonds. The van der Waals surface area contributed by atoms with Crippen molar-refractivity contribution in [2.75, 3.05) is 0 Å². The lowest BCUT2D eigenvalue weighted by atomic mass is 10.1. The Hall–Kier alpha value is -1.96. The molecule has 0 aliphatic carbocycles. The summed E-state index contributed by atoms with van der Waals surface area (Å²) in [7, 11) is 0. The Morgan fingerprint density at radius 2 is 2.07 bits per heavy atom. The van der Waals surface area contributed by atoms with Crippen LogP contribution in [0.1, 0.15) is 11.9 Å². The Bertz CT molecular complexity index is 534. The van der Waals surface area contributed by atoms with Crippen LogP contribution in [0.3, 0.4) is 0 Å². The van der Waals surface area contributed by atoms with Crippen molar-refractivity contribution in [2.45, 2.75) is 6.10 Å². The predicted molar refractivity (Wildman–Crippen MR) is 57.2 cm³/mol. The van der Waals surface area contributed by atoms with E-state index in [1.165, 1.54) is 0 Å². The molecule has 3 rings (SSSR count). The summed E-state index contributed by atoms with van der Waals surface area (Å²) >= 11 is 0. The first-order valence-electron chi connectivity index (χ1n) is 4.83. The van der Waals surface area contributed by atoms with Gasteiger partial charge in [-0.2, -0.15) is 0 Å². The van der Waals surface area contributed by atoms with Gasteiger partial charge in [0.15, 0.2) is 18.1 Å². The van der Waals surface area contributed by atoms with Gasteiger partial charge >= 0.3 is 0 Å². The van der Waals surface area contributed by atoms with Crippen LogP contribution in [0.25, 0.3) is 10.8 Å². The quantitative estimate of drug-likeness (QED) is 0.699. The van der Waals surface area contributed by atoms with Crippen molar-refractivity contribution in [2.24, 2.45) is 0 Å². The van der Waals surface area contributed by atoms with Gasteiger partial charge in [0.1, 0.15) is 0 Å². The first-order valence-corrected chi connectivity index (χ1v) is 4.83. The Morgan fingerprint density at radius 3 is 2.93 bits per heavy atom. The van der Waals surface area contributed by atoms with Gasteiger partial charge < -0.3 is 9.15 Å². The van der Waals surface area contributed by atoms with E-state index in [0.717, 1.165) is 16.5 Å². The number of furan rings is 1. The molecule has 1 atom stereocenters. The Kier molecular flexibility index (Phi) is 1.85. The molecule has 0 spiro atoms. The molecule has 15 heavy (non-hydrogen) atoms. The minimum Gasteiger partial charge on any atom is -0.486 e.